The smallest absolute Gasteiger partial charge is 0.328 e. The summed E-state index contributed by atoms with van der Waals surface area (Å²) < 4.78 is 11.1. The van der Waals surface area contributed by atoms with Crippen molar-refractivity contribution in [1.82, 2.24) is 10.6 Å². The zero-order valence-electron chi connectivity index (χ0n) is 14.5. The van der Waals surface area contributed by atoms with Crippen LogP contribution in [-0.2, 0) is 16.2 Å². The van der Waals surface area contributed by atoms with Crippen LogP contribution in [0.3, 0.4) is 0 Å². The van der Waals surface area contributed by atoms with Crippen molar-refractivity contribution in [3.8, 4) is 11.5 Å². The first kappa shape index (κ1) is 19.7. The minimum absolute atomic E-state index is 0.229. The van der Waals surface area contributed by atoms with Gasteiger partial charge in [0.1, 0.15) is 12.2 Å². The number of halogens is 2. The van der Waals surface area contributed by atoms with E-state index in [0.29, 0.717) is 22.1 Å². The first-order valence-electron chi connectivity index (χ1n) is 8.00. The number of rotatable bonds is 5. The van der Waals surface area contributed by atoms with Crippen LogP contribution in [0.25, 0.3) is 6.08 Å². The van der Waals surface area contributed by atoms with Gasteiger partial charge in [0.25, 0.3) is 11.8 Å². The minimum atomic E-state index is -0.867. The molecule has 1 aliphatic rings. The molecule has 1 fully saturated rings. The van der Waals surface area contributed by atoms with E-state index in [-0.39, 0.29) is 17.2 Å². The molecule has 2 aromatic carbocycles. The molecule has 0 atom stereocenters. The second kappa shape index (κ2) is 8.33. The summed E-state index contributed by atoms with van der Waals surface area (Å²) >= 11 is 12.2. The Bertz CT molecular complexity index is 965. The zero-order valence-corrected chi connectivity index (χ0v) is 16.1. The molecule has 4 amide bonds. The monoisotopic (exact) mass is 420 g/mol. The highest BCUT2D eigenvalue weighted by molar-refractivity contribution is 6.33. The number of methoxy groups -OCH3 is 1. The second-order valence-electron chi connectivity index (χ2n) is 5.74. The van der Waals surface area contributed by atoms with Crippen molar-refractivity contribution in [2.45, 2.75) is 6.61 Å². The van der Waals surface area contributed by atoms with E-state index in [2.05, 4.69) is 0 Å². The van der Waals surface area contributed by atoms with Gasteiger partial charge >= 0.3 is 6.03 Å². The Kier molecular flexibility index (Phi) is 5.87. The fourth-order valence-electron chi connectivity index (χ4n) is 2.47. The molecule has 0 aliphatic carbocycles. The minimum Gasteiger partial charge on any atom is -0.493 e. The van der Waals surface area contributed by atoms with E-state index in [1.165, 1.54) is 19.3 Å². The highest BCUT2D eigenvalue weighted by Crippen LogP contribution is 2.37. The molecule has 0 unspecified atom stereocenters. The summed E-state index contributed by atoms with van der Waals surface area (Å²) in [6.45, 7) is 0.237. The molecule has 0 aromatic heterocycles. The third kappa shape index (κ3) is 4.44. The lowest BCUT2D eigenvalue weighted by Gasteiger charge is -2.15. The Morgan fingerprint density at radius 2 is 1.64 bits per heavy atom. The highest BCUT2D eigenvalue weighted by atomic mass is 35.5. The molecule has 1 aliphatic heterocycles. The van der Waals surface area contributed by atoms with Gasteiger partial charge in [0.2, 0.25) is 0 Å². The molecular weight excluding hydrogens is 407 g/mol. The summed E-state index contributed by atoms with van der Waals surface area (Å²) in [6.07, 6.45) is 1.30. The standard InChI is InChI=1S/C19H14Cl2N2O5/c1-27-15-8-11(6-13-17(24)22-19(26)23-18(13)25)7-14(21)16(15)28-9-10-2-4-12(20)5-3-10/h2-8H,9H2,1H3,(H2,22,23,24,25,26). The average molecular weight is 421 g/mol. The summed E-state index contributed by atoms with van der Waals surface area (Å²) in [6, 6.07) is 9.36. The maximum absolute atomic E-state index is 11.8. The molecule has 1 heterocycles. The number of benzene rings is 2. The zero-order chi connectivity index (χ0) is 20.3. The van der Waals surface area contributed by atoms with Gasteiger partial charge in [-0.3, -0.25) is 20.2 Å². The van der Waals surface area contributed by atoms with Crippen molar-refractivity contribution >= 4 is 47.1 Å². The summed E-state index contributed by atoms with van der Waals surface area (Å²) in [4.78, 5) is 34.8. The SMILES string of the molecule is COc1cc(C=C2C(=O)NC(=O)NC2=O)cc(Cl)c1OCc1ccc(Cl)cc1. The number of ether oxygens (including phenoxy) is 2. The van der Waals surface area contributed by atoms with E-state index in [4.69, 9.17) is 32.7 Å². The number of imide groups is 2. The quantitative estimate of drug-likeness (QED) is 0.571. The van der Waals surface area contributed by atoms with Crippen molar-refractivity contribution in [2.75, 3.05) is 7.11 Å². The first-order chi connectivity index (χ1) is 13.4. The van der Waals surface area contributed by atoms with Gasteiger partial charge in [-0.05, 0) is 41.5 Å². The third-order valence-corrected chi connectivity index (χ3v) is 4.34. The van der Waals surface area contributed by atoms with E-state index in [0.717, 1.165) is 5.56 Å². The van der Waals surface area contributed by atoms with Gasteiger partial charge in [0.15, 0.2) is 11.5 Å². The number of hydrogen-bond donors (Lipinski definition) is 2. The Morgan fingerprint density at radius 1 is 1.00 bits per heavy atom. The molecule has 1 saturated heterocycles. The van der Waals surface area contributed by atoms with Crippen molar-refractivity contribution in [3.63, 3.8) is 0 Å². The van der Waals surface area contributed by atoms with Crippen LogP contribution < -0.4 is 20.1 Å². The van der Waals surface area contributed by atoms with Crippen LogP contribution in [0.2, 0.25) is 10.0 Å². The third-order valence-electron chi connectivity index (χ3n) is 3.80. The van der Waals surface area contributed by atoms with Crippen LogP contribution in [0.15, 0.2) is 42.0 Å². The Hall–Kier alpha value is -3.03. The van der Waals surface area contributed by atoms with Crippen LogP contribution in [-0.4, -0.2) is 25.0 Å². The summed E-state index contributed by atoms with van der Waals surface area (Å²) in [7, 11) is 1.44. The lowest BCUT2D eigenvalue weighted by atomic mass is 10.1. The molecule has 0 saturated carbocycles. The molecule has 3 rings (SSSR count). The maximum Gasteiger partial charge on any atom is 0.328 e. The van der Waals surface area contributed by atoms with Crippen LogP contribution in [0.1, 0.15) is 11.1 Å². The topological polar surface area (TPSA) is 93.7 Å². The Labute approximate surface area is 170 Å². The lowest BCUT2D eigenvalue weighted by molar-refractivity contribution is -0.123. The summed E-state index contributed by atoms with van der Waals surface area (Å²) in [5.41, 5.74) is 1.08. The normalized spacial score (nSPS) is 13.7. The summed E-state index contributed by atoms with van der Waals surface area (Å²) in [5, 5.41) is 4.85. The number of urea groups is 1. The van der Waals surface area contributed by atoms with Gasteiger partial charge in [0, 0.05) is 5.02 Å². The van der Waals surface area contributed by atoms with Gasteiger partial charge in [-0.1, -0.05) is 35.3 Å². The van der Waals surface area contributed by atoms with E-state index < -0.39 is 17.8 Å². The molecule has 2 N–H and O–H groups in total. The molecule has 2 aromatic rings. The maximum atomic E-state index is 11.8. The predicted octanol–water partition coefficient (Wildman–Crippen LogP) is 3.33. The van der Waals surface area contributed by atoms with E-state index in [1.807, 2.05) is 22.8 Å². The number of nitrogens with one attached hydrogen (secondary N) is 2. The molecule has 7 nitrogen and oxygen atoms in total. The molecule has 144 valence electrons. The van der Waals surface area contributed by atoms with Crippen LogP contribution in [0.4, 0.5) is 4.79 Å². The molecule has 0 radical (unpaired) electrons. The van der Waals surface area contributed by atoms with Gasteiger partial charge in [-0.15, -0.1) is 0 Å². The largest absolute Gasteiger partial charge is 0.493 e. The molecule has 28 heavy (non-hydrogen) atoms. The predicted molar refractivity (Wildman–Crippen MR) is 103 cm³/mol. The lowest BCUT2D eigenvalue weighted by Crippen LogP contribution is -2.51. The van der Waals surface area contributed by atoms with Gasteiger partial charge in [-0.2, -0.15) is 0 Å². The van der Waals surface area contributed by atoms with Crippen LogP contribution in [0, 0.1) is 0 Å². The highest BCUT2D eigenvalue weighted by Gasteiger charge is 2.27. The molecular formula is C19H14Cl2N2O5. The van der Waals surface area contributed by atoms with Crippen molar-refractivity contribution in [2.24, 2.45) is 0 Å². The van der Waals surface area contributed by atoms with Crippen molar-refractivity contribution < 1.29 is 23.9 Å². The van der Waals surface area contributed by atoms with Crippen molar-refractivity contribution in [3.05, 3.63) is 63.1 Å². The second-order valence-corrected chi connectivity index (χ2v) is 6.59. The molecule has 9 heteroatoms. The summed E-state index contributed by atoms with van der Waals surface area (Å²) in [5.74, 6) is -0.964. The fraction of sp³-hybridized carbons (Fsp3) is 0.105. The number of hydrogen-bond acceptors (Lipinski definition) is 5. The Morgan fingerprint density at radius 3 is 2.25 bits per heavy atom. The Balaban J connectivity index is 1.86. The first-order valence-corrected chi connectivity index (χ1v) is 8.76. The van der Waals surface area contributed by atoms with E-state index in [9.17, 15) is 14.4 Å². The number of carbonyl (C=O) groups is 3. The number of amides is 4. The number of carbonyl (C=O) groups excluding carboxylic acids is 3. The van der Waals surface area contributed by atoms with Crippen LogP contribution in [0.5, 0.6) is 11.5 Å². The molecule has 0 spiro atoms. The van der Waals surface area contributed by atoms with Gasteiger partial charge < -0.3 is 9.47 Å². The molecule has 0 bridgehead atoms. The van der Waals surface area contributed by atoms with E-state index >= 15 is 0 Å². The van der Waals surface area contributed by atoms with Gasteiger partial charge in [0.05, 0.1) is 12.1 Å². The van der Waals surface area contributed by atoms with Gasteiger partial charge in [-0.25, -0.2) is 4.79 Å². The fourth-order valence-corrected chi connectivity index (χ4v) is 2.87. The number of barbiturate groups is 1. The van der Waals surface area contributed by atoms with Crippen LogP contribution >= 0.6 is 23.2 Å². The van der Waals surface area contributed by atoms with E-state index in [1.54, 1.807) is 18.2 Å². The van der Waals surface area contributed by atoms with Crippen molar-refractivity contribution in [1.29, 1.82) is 0 Å². The average Bonchev–Trinajstić information content (AvgIpc) is 2.64.